The van der Waals surface area contributed by atoms with Crippen LogP contribution in [0.4, 0.5) is 5.69 Å². The first kappa shape index (κ1) is 9.19. The van der Waals surface area contributed by atoms with E-state index in [-0.39, 0.29) is 0 Å². The second kappa shape index (κ2) is 3.23. The standard InChI is InChI=1S/C9H13NO2/c1-6-4-7(2)9(10(11)12)8(3)5-6/h4-5,10-11H,1-3H3. The Kier molecular flexibility index (Phi) is 2.47. The first-order chi connectivity index (χ1) is 5.52. The van der Waals surface area contributed by atoms with Crippen LogP contribution >= 0.6 is 0 Å². The lowest BCUT2D eigenvalue weighted by Crippen LogP contribution is -2.99. The zero-order chi connectivity index (χ0) is 9.30. The summed E-state index contributed by atoms with van der Waals surface area (Å²) in [6.07, 6.45) is 0. The second-order valence-electron chi connectivity index (χ2n) is 3.08. The van der Waals surface area contributed by atoms with Crippen LogP contribution in [0.25, 0.3) is 0 Å². The second-order valence-corrected chi connectivity index (χ2v) is 3.08. The molecule has 1 aromatic carbocycles. The Labute approximate surface area is 71.8 Å². The Morgan fingerprint density at radius 1 is 1.17 bits per heavy atom. The summed E-state index contributed by atoms with van der Waals surface area (Å²) in [7, 11) is 0. The molecule has 0 aliphatic carbocycles. The largest absolute Gasteiger partial charge is 0.595 e. The summed E-state index contributed by atoms with van der Waals surface area (Å²) in [4.78, 5) is 0. The normalized spacial score (nSPS) is 13.1. The summed E-state index contributed by atoms with van der Waals surface area (Å²) < 4.78 is 0. The van der Waals surface area contributed by atoms with Crippen molar-refractivity contribution in [2.75, 3.05) is 0 Å². The molecule has 12 heavy (non-hydrogen) atoms. The van der Waals surface area contributed by atoms with Crippen LogP contribution in [0.2, 0.25) is 0 Å². The van der Waals surface area contributed by atoms with Crippen LogP contribution in [0.3, 0.4) is 0 Å². The lowest BCUT2D eigenvalue weighted by molar-refractivity contribution is -0.991. The average molecular weight is 167 g/mol. The number of rotatable bonds is 1. The number of quaternary nitrogens is 1. The molecule has 0 amide bonds. The molecule has 0 bridgehead atoms. The van der Waals surface area contributed by atoms with Gasteiger partial charge in [-0.25, -0.2) is 5.21 Å². The molecule has 1 atom stereocenters. The molecular weight excluding hydrogens is 154 g/mol. The Bertz CT molecular complexity index is 272. The molecule has 0 spiro atoms. The molecule has 1 aromatic rings. The van der Waals surface area contributed by atoms with Gasteiger partial charge in [0.1, 0.15) is 0 Å². The third kappa shape index (κ3) is 1.64. The Balaban J connectivity index is 3.28. The van der Waals surface area contributed by atoms with Gasteiger partial charge in [0.2, 0.25) is 0 Å². The van der Waals surface area contributed by atoms with Gasteiger partial charge < -0.3 is 5.21 Å². The Hall–Kier alpha value is -0.900. The minimum Gasteiger partial charge on any atom is -0.595 e. The minimum absolute atomic E-state index is 0.431. The van der Waals surface area contributed by atoms with E-state index in [0.29, 0.717) is 5.69 Å². The summed E-state index contributed by atoms with van der Waals surface area (Å²) in [6, 6.07) is 3.77. The van der Waals surface area contributed by atoms with Gasteiger partial charge in [0.25, 0.3) is 0 Å². The van der Waals surface area contributed by atoms with Gasteiger partial charge in [-0.2, -0.15) is 5.23 Å². The predicted octanol–water partition coefficient (Wildman–Crippen LogP) is 1.02. The number of aryl methyl sites for hydroxylation is 3. The zero-order valence-corrected chi connectivity index (χ0v) is 7.51. The van der Waals surface area contributed by atoms with Gasteiger partial charge in [-0.15, -0.1) is 0 Å². The van der Waals surface area contributed by atoms with E-state index >= 15 is 0 Å². The minimum atomic E-state index is -0.843. The van der Waals surface area contributed by atoms with E-state index in [2.05, 4.69) is 0 Å². The van der Waals surface area contributed by atoms with E-state index in [1.54, 1.807) is 0 Å². The number of nitrogens with one attached hydrogen (secondary N) is 1. The maximum absolute atomic E-state index is 10.8. The average Bonchev–Trinajstić information content (AvgIpc) is 1.82. The van der Waals surface area contributed by atoms with Gasteiger partial charge in [-0.05, 0) is 20.8 Å². The number of benzene rings is 1. The third-order valence-corrected chi connectivity index (χ3v) is 1.89. The maximum Gasteiger partial charge on any atom is 0.169 e. The smallest absolute Gasteiger partial charge is 0.169 e. The maximum atomic E-state index is 10.8. The summed E-state index contributed by atoms with van der Waals surface area (Å²) >= 11 is 0. The van der Waals surface area contributed by atoms with Crippen LogP contribution in [0.5, 0.6) is 0 Å². The monoisotopic (exact) mass is 167 g/mol. The summed E-state index contributed by atoms with van der Waals surface area (Å²) in [6.45, 7) is 5.61. The number of hydrogen-bond donors (Lipinski definition) is 2. The van der Waals surface area contributed by atoms with Crippen molar-refractivity contribution in [3.8, 4) is 0 Å². The highest BCUT2D eigenvalue weighted by Gasteiger charge is 2.09. The Morgan fingerprint density at radius 3 is 1.92 bits per heavy atom. The summed E-state index contributed by atoms with van der Waals surface area (Å²) in [5.74, 6) is 0. The first-order valence-corrected chi connectivity index (χ1v) is 3.83. The van der Waals surface area contributed by atoms with Crippen molar-refractivity contribution in [2.45, 2.75) is 20.8 Å². The Morgan fingerprint density at radius 2 is 1.58 bits per heavy atom. The molecule has 2 N–H and O–H groups in total. The van der Waals surface area contributed by atoms with Gasteiger partial charge in [0, 0.05) is 11.1 Å². The lowest BCUT2D eigenvalue weighted by Gasteiger charge is -2.16. The fourth-order valence-corrected chi connectivity index (χ4v) is 1.52. The van der Waals surface area contributed by atoms with Gasteiger partial charge in [0.15, 0.2) is 5.69 Å². The van der Waals surface area contributed by atoms with Crippen molar-refractivity contribution in [3.05, 3.63) is 34.0 Å². The van der Waals surface area contributed by atoms with Crippen LogP contribution in [-0.2, 0) is 0 Å². The zero-order valence-electron chi connectivity index (χ0n) is 7.51. The van der Waals surface area contributed by atoms with Gasteiger partial charge in [0.05, 0.1) is 0 Å². The summed E-state index contributed by atoms with van der Waals surface area (Å²) in [5.41, 5.74) is 3.20. The van der Waals surface area contributed by atoms with Crippen molar-refractivity contribution < 1.29 is 10.4 Å². The van der Waals surface area contributed by atoms with E-state index in [9.17, 15) is 5.21 Å². The molecule has 0 aliphatic heterocycles. The van der Waals surface area contributed by atoms with Gasteiger partial charge in [-0.3, -0.25) is 0 Å². The quantitative estimate of drug-likeness (QED) is 0.613. The van der Waals surface area contributed by atoms with Crippen molar-refractivity contribution in [2.24, 2.45) is 0 Å². The highest BCUT2D eigenvalue weighted by atomic mass is 16.8. The molecule has 0 fully saturated rings. The third-order valence-electron chi connectivity index (χ3n) is 1.89. The molecule has 1 unspecified atom stereocenters. The van der Waals surface area contributed by atoms with E-state index in [1.807, 2.05) is 32.9 Å². The van der Waals surface area contributed by atoms with Crippen molar-refractivity contribution in [1.82, 2.24) is 0 Å². The van der Waals surface area contributed by atoms with E-state index in [1.165, 1.54) is 0 Å². The molecule has 3 nitrogen and oxygen atoms in total. The molecular formula is C9H13NO2. The van der Waals surface area contributed by atoms with Crippen LogP contribution in [0, 0.1) is 26.0 Å². The van der Waals surface area contributed by atoms with Gasteiger partial charge in [-0.1, -0.05) is 17.7 Å². The molecule has 0 saturated carbocycles. The molecule has 0 radical (unpaired) electrons. The topological polar surface area (TPSA) is 47.7 Å². The fraction of sp³-hybridized carbons (Fsp3) is 0.333. The highest BCUT2D eigenvalue weighted by Crippen LogP contribution is 2.17. The van der Waals surface area contributed by atoms with Crippen LogP contribution in [0.1, 0.15) is 16.7 Å². The predicted molar refractivity (Wildman–Crippen MR) is 46.4 cm³/mol. The SMILES string of the molecule is Cc1cc(C)c([NH+]([O-])O)c(C)c1. The van der Waals surface area contributed by atoms with E-state index < -0.39 is 5.23 Å². The van der Waals surface area contributed by atoms with E-state index in [4.69, 9.17) is 5.21 Å². The molecule has 0 saturated heterocycles. The first-order valence-electron chi connectivity index (χ1n) is 3.83. The molecule has 0 aromatic heterocycles. The highest BCUT2D eigenvalue weighted by molar-refractivity contribution is 5.48. The van der Waals surface area contributed by atoms with Crippen molar-refractivity contribution in [1.29, 1.82) is 0 Å². The van der Waals surface area contributed by atoms with Crippen molar-refractivity contribution in [3.63, 3.8) is 0 Å². The molecule has 0 heterocycles. The molecule has 3 heteroatoms. The molecule has 0 aliphatic rings. The fourth-order valence-electron chi connectivity index (χ4n) is 1.52. The molecule has 1 rings (SSSR count). The number of hydrogen-bond acceptors (Lipinski definition) is 2. The molecule has 66 valence electrons. The van der Waals surface area contributed by atoms with Crippen LogP contribution in [0.15, 0.2) is 12.1 Å². The van der Waals surface area contributed by atoms with Gasteiger partial charge >= 0.3 is 0 Å². The van der Waals surface area contributed by atoms with Crippen molar-refractivity contribution >= 4 is 5.69 Å². The summed E-state index contributed by atoms with van der Waals surface area (Å²) in [5, 5.41) is 18.7. The lowest BCUT2D eigenvalue weighted by atomic mass is 10.1. The van der Waals surface area contributed by atoms with Crippen LogP contribution < -0.4 is 5.23 Å². The van der Waals surface area contributed by atoms with E-state index in [0.717, 1.165) is 16.7 Å². The van der Waals surface area contributed by atoms with Crippen LogP contribution in [-0.4, -0.2) is 5.21 Å².